The molecule has 2 atom stereocenters. The molecule has 1 aliphatic carbocycles. The van der Waals surface area contributed by atoms with Gasteiger partial charge in [-0.3, -0.25) is 4.79 Å². The van der Waals surface area contributed by atoms with E-state index in [0.717, 1.165) is 19.4 Å². The molecule has 0 aromatic rings. The molecule has 3 N–H and O–H groups in total. The normalized spacial score (nSPS) is 28.5. The van der Waals surface area contributed by atoms with Crippen LogP contribution < -0.4 is 11.1 Å². The molecule has 1 fully saturated rings. The van der Waals surface area contributed by atoms with Crippen molar-refractivity contribution in [3.63, 3.8) is 0 Å². The maximum atomic E-state index is 11.0. The van der Waals surface area contributed by atoms with Crippen molar-refractivity contribution < 1.29 is 4.79 Å². The lowest BCUT2D eigenvalue weighted by molar-refractivity contribution is -0.121. The summed E-state index contributed by atoms with van der Waals surface area (Å²) in [6.45, 7) is 2.70. The number of hydrogen-bond acceptors (Lipinski definition) is 2. The summed E-state index contributed by atoms with van der Waals surface area (Å²) in [4.78, 5) is 11.0. The van der Waals surface area contributed by atoms with Crippen LogP contribution in [-0.2, 0) is 4.79 Å². The second kappa shape index (κ2) is 5.22. The molecule has 1 amide bonds. The Bertz CT molecular complexity index is 170. The van der Waals surface area contributed by atoms with E-state index in [1.807, 2.05) is 6.92 Å². The van der Waals surface area contributed by atoms with E-state index in [2.05, 4.69) is 5.32 Å². The van der Waals surface area contributed by atoms with E-state index in [1.54, 1.807) is 0 Å². The first-order valence-corrected chi connectivity index (χ1v) is 5.24. The smallest absolute Gasteiger partial charge is 0.219 e. The summed E-state index contributed by atoms with van der Waals surface area (Å²) in [6.07, 6.45) is 5.24. The number of carbonyl (C=O) groups is 1. The number of carbonyl (C=O) groups excluding carboxylic acids is 1. The first-order valence-electron chi connectivity index (χ1n) is 5.24. The van der Waals surface area contributed by atoms with Gasteiger partial charge in [0.1, 0.15) is 0 Å². The van der Waals surface area contributed by atoms with E-state index in [9.17, 15) is 4.79 Å². The van der Waals surface area contributed by atoms with Crippen LogP contribution in [0.1, 0.15) is 39.0 Å². The Hall–Kier alpha value is -0.570. The first kappa shape index (κ1) is 10.5. The van der Waals surface area contributed by atoms with E-state index in [1.165, 1.54) is 12.8 Å². The van der Waals surface area contributed by atoms with E-state index >= 15 is 0 Å². The Morgan fingerprint density at radius 1 is 1.54 bits per heavy atom. The summed E-state index contributed by atoms with van der Waals surface area (Å²) >= 11 is 0. The van der Waals surface area contributed by atoms with Crippen LogP contribution in [0.4, 0.5) is 0 Å². The van der Waals surface area contributed by atoms with Gasteiger partial charge in [0.25, 0.3) is 0 Å². The number of rotatable bonds is 3. The van der Waals surface area contributed by atoms with Crippen LogP contribution in [0.3, 0.4) is 0 Å². The van der Waals surface area contributed by atoms with Crippen LogP contribution in [0.15, 0.2) is 0 Å². The predicted octanol–water partition coefficient (Wildman–Crippen LogP) is 1.03. The number of nitrogens with two attached hydrogens (primary N) is 1. The molecule has 1 saturated carbocycles. The highest BCUT2D eigenvalue weighted by atomic mass is 16.1. The topological polar surface area (TPSA) is 55.1 Å². The van der Waals surface area contributed by atoms with Gasteiger partial charge >= 0.3 is 0 Å². The lowest BCUT2D eigenvalue weighted by Crippen LogP contribution is -2.35. The van der Waals surface area contributed by atoms with Gasteiger partial charge in [0.15, 0.2) is 0 Å². The Labute approximate surface area is 80.1 Å². The summed E-state index contributed by atoms with van der Waals surface area (Å²) in [6, 6.07) is 0.359. The molecule has 3 nitrogen and oxygen atoms in total. The third-order valence-corrected chi connectivity index (χ3v) is 2.73. The Morgan fingerprint density at radius 2 is 2.31 bits per heavy atom. The highest BCUT2D eigenvalue weighted by Crippen LogP contribution is 2.22. The summed E-state index contributed by atoms with van der Waals surface area (Å²) in [5, 5.41) is 2.93. The Morgan fingerprint density at radius 3 is 2.92 bits per heavy atom. The average Bonchev–Trinajstić information content (AvgIpc) is 2.14. The summed E-state index contributed by atoms with van der Waals surface area (Å²) in [5.41, 5.74) is 5.85. The van der Waals surface area contributed by atoms with Crippen LogP contribution in [0.5, 0.6) is 0 Å². The van der Waals surface area contributed by atoms with Crippen molar-refractivity contribution in [1.82, 2.24) is 5.32 Å². The largest absolute Gasteiger partial charge is 0.356 e. The van der Waals surface area contributed by atoms with Gasteiger partial charge < -0.3 is 11.1 Å². The molecule has 13 heavy (non-hydrogen) atoms. The van der Waals surface area contributed by atoms with Gasteiger partial charge in [-0.2, -0.15) is 0 Å². The summed E-state index contributed by atoms with van der Waals surface area (Å²) in [5.74, 6) is 0.762. The van der Waals surface area contributed by atoms with Gasteiger partial charge in [-0.15, -0.1) is 0 Å². The molecule has 0 bridgehead atoms. The molecule has 2 unspecified atom stereocenters. The van der Waals surface area contributed by atoms with Crippen molar-refractivity contribution in [1.29, 1.82) is 0 Å². The maximum absolute atomic E-state index is 11.0. The van der Waals surface area contributed by atoms with Crippen molar-refractivity contribution in [2.75, 3.05) is 6.54 Å². The maximum Gasteiger partial charge on any atom is 0.219 e. The zero-order chi connectivity index (χ0) is 9.68. The quantitative estimate of drug-likeness (QED) is 0.688. The summed E-state index contributed by atoms with van der Waals surface area (Å²) in [7, 11) is 0. The Balaban J connectivity index is 2.17. The first-order chi connectivity index (χ1) is 6.22. The molecule has 0 spiro atoms. The third kappa shape index (κ3) is 3.77. The highest BCUT2D eigenvalue weighted by molar-refractivity contribution is 5.75. The second-order valence-corrected chi connectivity index (χ2v) is 3.95. The van der Waals surface area contributed by atoms with Crippen LogP contribution >= 0.6 is 0 Å². The third-order valence-electron chi connectivity index (χ3n) is 2.73. The van der Waals surface area contributed by atoms with E-state index in [-0.39, 0.29) is 5.91 Å². The fourth-order valence-electron chi connectivity index (χ4n) is 1.90. The van der Waals surface area contributed by atoms with E-state index in [0.29, 0.717) is 18.4 Å². The van der Waals surface area contributed by atoms with Gasteiger partial charge in [-0.25, -0.2) is 0 Å². The van der Waals surface area contributed by atoms with Crippen LogP contribution in [0.25, 0.3) is 0 Å². The molecule has 76 valence electrons. The zero-order valence-corrected chi connectivity index (χ0v) is 8.38. The standard InChI is InChI=1S/C10H20N2O/c1-2-10(13)12-7-8-4-3-5-9(11)6-8/h8-9H,2-7,11H2,1H3,(H,12,13). The monoisotopic (exact) mass is 184 g/mol. The molecule has 0 aromatic heterocycles. The highest BCUT2D eigenvalue weighted by Gasteiger charge is 2.19. The number of hydrogen-bond donors (Lipinski definition) is 2. The molecule has 3 heteroatoms. The van der Waals surface area contributed by atoms with Gasteiger partial charge in [0.2, 0.25) is 5.91 Å². The van der Waals surface area contributed by atoms with Crippen LogP contribution in [0.2, 0.25) is 0 Å². The molecule has 1 rings (SSSR count). The minimum atomic E-state index is 0.152. The van der Waals surface area contributed by atoms with Crippen molar-refractivity contribution in [2.45, 2.75) is 45.1 Å². The van der Waals surface area contributed by atoms with Crippen molar-refractivity contribution in [2.24, 2.45) is 11.7 Å². The van der Waals surface area contributed by atoms with Crippen LogP contribution in [-0.4, -0.2) is 18.5 Å². The molecular formula is C10H20N2O. The van der Waals surface area contributed by atoms with Crippen molar-refractivity contribution in [3.8, 4) is 0 Å². The molecule has 0 radical (unpaired) electrons. The molecule has 1 aliphatic rings. The minimum absolute atomic E-state index is 0.152. The lowest BCUT2D eigenvalue weighted by Gasteiger charge is -2.26. The van der Waals surface area contributed by atoms with Gasteiger partial charge in [0.05, 0.1) is 0 Å². The molecule has 0 heterocycles. The van der Waals surface area contributed by atoms with E-state index in [4.69, 9.17) is 5.73 Å². The number of nitrogens with one attached hydrogen (secondary N) is 1. The fourth-order valence-corrected chi connectivity index (χ4v) is 1.90. The van der Waals surface area contributed by atoms with Crippen LogP contribution in [0, 0.1) is 5.92 Å². The molecule has 0 saturated heterocycles. The average molecular weight is 184 g/mol. The van der Waals surface area contributed by atoms with E-state index < -0.39 is 0 Å². The number of amides is 1. The Kier molecular flexibility index (Phi) is 4.22. The fraction of sp³-hybridized carbons (Fsp3) is 0.900. The van der Waals surface area contributed by atoms with Crippen molar-refractivity contribution in [3.05, 3.63) is 0 Å². The molecular weight excluding hydrogens is 164 g/mol. The SMILES string of the molecule is CCC(=O)NCC1CCCC(N)C1. The zero-order valence-electron chi connectivity index (χ0n) is 8.38. The second-order valence-electron chi connectivity index (χ2n) is 3.95. The molecule has 0 aromatic carbocycles. The minimum Gasteiger partial charge on any atom is -0.356 e. The molecule has 0 aliphatic heterocycles. The van der Waals surface area contributed by atoms with Gasteiger partial charge in [0, 0.05) is 19.0 Å². The van der Waals surface area contributed by atoms with Gasteiger partial charge in [-0.1, -0.05) is 13.3 Å². The van der Waals surface area contributed by atoms with Crippen molar-refractivity contribution >= 4 is 5.91 Å². The summed E-state index contributed by atoms with van der Waals surface area (Å²) < 4.78 is 0. The lowest BCUT2D eigenvalue weighted by atomic mass is 9.86. The predicted molar refractivity (Wildman–Crippen MR) is 53.2 cm³/mol. The van der Waals surface area contributed by atoms with Gasteiger partial charge in [-0.05, 0) is 25.2 Å².